The fourth-order valence-electron chi connectivity index (χ4n) is 5.68. The molecule has 0 aliphatic carbocycles. The van der Waals surface area contributed by atoms with E-state index in [4.69, 9.17) is 0 Å². The number of rotatable bonds is 34. The summed E-state index contributed by atoms with van der Waals surface area (Å²) in [6.45, 7) is 4.40. The smallest absolute Gasteiger partial charge is 0.266 e. The zero-order valence-electron chi connectivity index (χ0n) is 30.4. The fraction of sp³-hybridized carbons (Fsp3) is 0.775. The predicted molar refractivity (Wildman–Crippen MR) is 202 cm³/mol. The highest BCUT2D eigenvalue weighted by Gasteiger charge is 2.26. The largest absolute Gasteiger partial charge is 0.391 e. The first-order chi connectivity index (χ1) is 22.8. The summed E-state index contributed by atoms with van der Waals surface area (Å²) >= 11 is 0. The Morgan fingerprint density at radius 1 is 0.596 bits per heavy atom. The van der Waals surface area contributed by atoms with Crippen LogP contribution in [0.25, 0.3) is 0 Å². The van der Waals surface area contributed by atoms with Crippen molar-refractivity contribution >= 4 is 16.0 Å². The molecule has 47 heavy (non-hydrogen) atoms. The Labute approximate surface area is 290 Å². The van der Waals surface area contributed by atoms with Gasteiger partial charge in [0, 0.05) is 6.42 Å². The molecule has 0 rings (SSSR count). The third-order valence-corrected chi connectivity index (χ3v) is 9.33. The number of nitrogens with one attached hydrogen (secondary N) is 1. The minimum atomic E-state index is -4.32. The summed E-state index contributed by atoms with van der Waals surface area (Å²) in [6.07, 6.45) is 44.9. The van der Waals surface area contributed by atoms with Gasteiger partial charge in [-0.3, -0.25) is 9.35 Å². The maximum absolute atomic E-state index is 12.5. The molecule has 0 saturated heterocycles. The zero-order valence-corrected chi connectivity index (χ0v) is 31.2. The van der Waals surface area contributed by atoms with Crippen LogP contribution in [0.2, 0.25) is 0 Å². The number of hydrogen-bond acceptors (Lipinski definition) is 4. The van der Waals surface area contributed by atoms with E-state index in [0.29, 0.717) is 12.8 Å². The van der Waals surface area contributed by atoms with E-state index < -0.39 is 28.0 Å². The summed E-state index contributed by atoms with van der Waals surface area (Å²) in [5.74, 6) is -0.953. The molecule has 0 saturated carbocycles. The summed E-state index contributed by atoms with van der Waals surface area (Å²) in [6, 6.07) is -0.993. The Balaban J connectivity index is 3.97. The maximum atomic E-state index is 12.5. The van der Waals surface area contributed by atoms with Crippen molar-refractivity contribution in [3.63, 3.8) is 0 Å². The predicted octanol–water partition coefficient (Wildman–Crippen LogP) is 11.1. The highest BCUT2D eigenvalue weighted by Crippen LogP contribution is 2.16. The molecule has 3 N–H and O–H groups in total. The van der Waals surface area contributed by atoms with Gasteiger partial charge in [-0.2, -0.15) is 8.42 Å². The van der Waals surface area contributed by atoms with Crippen LogP contribution >= 0.6 is 0 Å². The van der Waals surface area contributed by atoms with Crippen molar-refractivity contribution in [2.45, 2.75) is 193 Å². The van der Waals surface area contributed by atoms with Gasteiger partial charge >= 0.3 is 0 Å². The lowest BCUT2D eigenvalue weighted by Crippen LogP contribution is -2.47. The molecule has 0 bridgehead atoms. The van der Waals surface area contributed by atoms with Crippen LogP contribution in [0.1, 0.15) is 181 Å². The Hall–Kier alpha value is -1.70. The summed E-state index contributed by atoms with van der Waals surface area (Å²) in [5.41, 5.74) is 0. The zero-order chi connectivity index (χ0) is 34.7. The van der Waals surface area contributed by atoms with E-state index in [2.05, 4.69) is 67.8 Å². The molecule has 2 atom stereocenters. The topological polar surface area (TPSA) is 104 Å². The van der Waals surface area contributed by atoms with Gasteiger partial charge in [0.15, 0.2) is 0 Å². The second-order valence-corrected chi connectivity index (χ2v) is 14.7. The van der Waals surface area contributed by atoms with E-state index in [1.54, 1.807) is 0 Å². The van der Waals surface area contributed by atoms with E-state index in [-0.39, 0.29) is 12.3 Å². The van der Waals surface area contributed by atoms with Gasteiger partial charge < -0.3 is 10.4 Å². The normalized spacial score (nSPS) is 13.9. The Morgan fingerprint density at radius 2 is 1.02 bits per heavy atom. The van der Waals surface area contributed by atoms with Crippen molar-refractivity contribution in [3.05, 3.63) is 48.6 Å². The molecule has 0 radical (unpaired) electrons. The number of allylic oxidation sites excluding steroid dienone is 8. The minimum absolute atomic E-state index is 0.265. The molecule has 274 valence electrons. The summed E-state index contributed by atoms with van der Waals surface area (Å²) in [5, 5.41) is 13.3. The van der Waals surface area contributed by atoms with E-state index in [1.807, 2.05) is 0 Å². The third-order valence-electron chi connectivity index (χ3n) is 8.55. The average molecular weight is 680 g/mol. The van der Waals surface area contributed by atoms with Gasteiger partial charge in [0.1, 0.15) is 0 Å². The van der Waals surface area contributed by atoms with Crippen molar-refractivity contribution in [2.75, 3.05) is 5.75 Å². The van der Waals surface area contributed by atoms with Gasteiger partial charge in [-0.25, -0.2) is 0 Å². The Bertz CT molecular complexity index is 925. The summed E-state index contributed by atoms with van der Waals surface area (Å²) in [7, 11) is -4.32. The number of aliphatic hydroxyl groups is 1. The van der Waals surface area contributed by atoms with Crippen LogP contribution in [0.15, 0.2) is 48.6 Å². The van der Waals surface area contributed by atoms with Gasteiger partial charge in [0.05, 0.1) is 17.9 Å². The molecule has 1 amide bonds. The number of unbranched alkanes of at least 4 members (excludes halogenated alkanes) is 18. The molecule has 7 heteroatoms. The van der Waals surface area contributed by atoms with Crippen LogP contribution in [0.3, 0.4) is 0 Å². The lowest BCUT2D eigenvalue weighted by Gasteiger charge is -2.23. The second kappa shape index (κ2) is 34.2. The lowest BCUT2D eigenvalue weighted by atomic mass is 10.0. The van der Waals surface area contributed by atoms with E-state index >= 15 is 0 Å². The number of hydrogen-bond donors (Lipinski definition) is 3. The second-order valence-electron chi connectivity index (χ2n) is 13.2. The van der Waals surface area contributed by atoms with Gasteiger partial charge in [-0.05, 0) is 51.4 Å². The van der Waals surface area contributed by atoms with Crippen LogP contribution in [0.5, 0.6) is 0 Å². The van der Waals surface area contributed by atoms with Crippen LogP contribution in [-0.2, 0) is 14.9 Å². The molecule has 0 fully saturated rings. The molecule has 0 heterocycles. The summed E-state index contributed by atoms with van der Waals surface area (Å²) < 4.78 is 32.5. The van der Waals surface area contributed by atoms with Crippen LogP contribution in [0, 0.1) is 0 Å². The first kappa shape index (κ1) is 45.3. The van der Waals surface area contributed by atoms with Gasteiger partial charge in [-0.1, -0.05) is 172 Å². The molecule has 0 aliphatic heterocycles. The molecule has 0 aromatic carbocycles. The molecular formula is C40H73NO5S. The Morgan fingerprint density at radius 3 is 1.47 bits per heavy atom. The quantitative estimate of drug-likeness (QED) is 0.0357. The monoisotopic (exact) mass is 680 g/mol. The van der Waals surface area contributed by atoms with Crippen LogP contribution < -0.4 is 5.32 Å². The van der Waals surface area contributed by atoms with Gasteiger partial charge in [0.2, 0.25) is 5.91 Å². The third kappa shape index (κ3) is 35.4. The highest BCUT2D eigenvalue weighted by molar-refractivity contribution is 7.85. The molecule has 0 aliphatic rings. The lowest BCUT2D eigenvalue weighted by molar-refractivity contribution is -0.122. The fourth-order valence-corrected chi connectivity index (χ4v) is 6.44. The SMILES string of the molecule is CC/C=C\C/C=C\C/C=C\C/C=C\CCCCC(=O)NC(CS(=O)(=O)O)C(O)CCCCCCCCCCCCCCCCCCC. The molecule has 0 aromatic heterocycles. The van der Waals surface area contributed by atoms with Crippen LogP contribution in [0.4, 0.5) is 0 Å². The van der Waals surface area contributed by atoms with Crippen LogP contribution in [-0.4, -0.2) is 41.9 Å². The standard InChI is InChI=1S/C40H73NO5S/c1-3-5-7-9-11-13-15-17-19-20-22-23-25-27-29-31-33-35-39(42)38(37-47(44,45)46)41-40(43)36-34-32-30-28-26-24-21-18-16-14-12-10-8-6-4-2/h6,8,12,14,18,21,26,28,38-39,42H,3-5,7,9-11,13,15-17,19-20,22-25,27,29-37H2,1-2H3,(H,41,43)(H,44,45,46)/b8-6-,14-12-,21-18-,28-26-. The van der Waals surface area contributed by atoms with Crippen molar-refractivity contribution in [1.29, 1.82) is 0 Å². The Kier molecular flexibility index (Phi) is 32.9. The average Bonchev–Trinajstić information content (AvgIpc) is 3.03. The summed E-state index contributed by atoms with van der Waals surface area (Å²) in [4.78, 5) is 12.5. The van der Waals surface area contributed by atoms with E-state index in [9.17, 15) is 22.9 Å². The molecular weight excluding hydrogens is 607 g/mol. The highest BCUT2D eigenvalue weighted by atomic mass is 32.2. The van der Waals surface area contributed by atoms with Gasteiger partial charge in [-0.15, -0.1) is 0 Å². The number of carbonyl (C=O) groups is 1. The van der Waals surface area contributed by atoms with Gasteiger partial charge in [0.25, 0.3) is 10.1 Å². The van der Waals surface area contributed by atoms with Crippen molar-refractivity contribution in [1.82, 2.24) is 5.32 Å². The van der Waals surface area contributed by atoms with Crippen molar-refractivity contribution in [3.8, 4) is 0 Å². The molecule has 0 aromatic rings. The first-order valence-corrected chi connectivity index (χ1v) is 20.9. The number of carbonyl (C=O) groups excluding carboxylic acids is 1. The maximum Gasteiger partial charge on any atom is 0.266 e. The minimum Gasteiger partial charge on any atom is -0.391 e. The van der Waals surface area contributed by atoms with E-state index in [0.717, 1.165) is 57.8 Å². The van der Waals surface area contributed by atoms with E-state index in [1.165, 1.54) is 89.9 Å². The number of aliphatic hydroxyl groups excluding tert-OH is 1. The molecule has 2 unspecified atom stereocenters. The molecule has 6 nitrogen and oxygen atoms in total. The number of amides is 1. The van der Waals surface area contributed by atoms with Crippen molar-refractivity contribution in [2.24, 2.45) is 0 Å². The molecule has 0 spiro atoms. The first-order valence-electron chi connectivity index (χ1n) is 19.3. The van der Waals surface area contributed by atoms with Crippen molar-refractivity contribution < 1.29 is 22.9 Å².